The molecule has 0 amide bonds. The summed E-state index contributed by atoms with van der Waals surface area (Å²) in [5.74, 6) is -1.99. The molecule has 0 spiro atoms. The number of hydrogen-bond acceptors (Lipinski definition) is 5. The zero-order valence-electron chi connectivity index (χ0n) is 14.2. The predicted octanol–water partition coefficient (Wildman–Crippen LogP) is 3.33. The zero-order valence-corrected chi connectivity index (χ0v) is 14.2. The minimum absolute atomic E-state index is 0.0971. The fourth-order valence-corrected chi connectivity index (χ4v) is 2.43. The third-order valence-electron chi connectivity index (χ3n) is 3.82. The van der Waals surface area contributed by atoms with E-state index in [1.165, 1.54) is 0 Å². The maximum atomic E-state index is 12.1. The topological polar surface area (TPSA) is 80.7 Å². The van der Waals surface area contributed by atoms with Gasteiger partial charge < -0.3 is 9.84 Å². The van der Waals surface area contributed by atoms with Crippen molar-refractivity contribution < 1.29 is 24.2 Å². The van der Waals surface area contributed by atoms with E-state index in [9.17, 15) is 19.5 Å². The van der Waals surface area contributed by atoms with Crippen LogP contribution in [0.1, 0.15) is 36.2 Å². The van der Waals surface area contributed by atoms with Gasteiger partial charge in [0.2, 0.25) is 5.78 Å². The Labute approximate surface area is 146 Å². The van der Waals surface area contributed by atoms with Gasteiger partial charge in [-0.15, -0.1) is 0 Å². The molecule has 2 aromatic rings. The molecule has 0 saturated heterocycles. The van der Waals surface area contributed by atoms with Crippen molar-refractivity contribution in [2.45, 2.75) is 26.7 Å². The first-order valence-corrected chi connectivity index (χ1v) is 8.11. The number of carbonyl (C=O) groups excluding carboxylic acids is 3. The van der Waals surface area contributed by atoms with Gasteiger partial charge in [-0.05, 0) is 42.2 Å². The summed E-state index contributed by atoms with van der Waals surface area (Å²) in [6, 6.07) is 12.1. The van der Waals surface area contributed by atoms with Crippen LogP contribution in [0.5, 0.6) is 5.75 Å². The van der Waals surface area contributed by atoms with Gasteiger partial charge >= 0.3 is 5.97 Å². The molecule has 0 bridgehead atoms. The Morgan fingerprint density at radius 2 is 1.60 bits per heavy atom. The molecule has 0 heterocycles. The van der Waals surface area contributed by atoms with Crippen molar-refractivity contribution in [3.63, 3.8) is 0 Å². The number of phenols is 1. The van der Waals surface area contributed by atoms with Crippen molar-refractivity contribution in [3.8, 4) is 16.9 Å². The number of Topliss-reactive ketones (excluding diaryl/α,β-unsaturated/α-hetero) is 2. The standard InChI is InChI=1S/C20H20O5/c1-3-13-11-16(9-10-17(13)21)14-5-7-15(8-6-14)18(22)12-19(23)20(24)25-4-2/h5-11,21H,3-4,12H2,1-2H3. The van der Waals surface area contributed by atoms with Crippen molar-refractivity contribution in [1.82, 2.24) is 0 Å². The smallest absolute Gasteiger partial charge is 0.375 e. The van der Waals surface area contributed by atoms with E-state index in [1.807, 2.05) is 13.0 Å². The van der Waals surface area contributed by atoms with E-state index in [2.05, 4.69) is 4.74 Å². The van der Waals surface area contributed by atoms with Crippen LogP contribution in [0.15, 0.2) is 42.5 Å². The Bertz CT molecular complexity index is 790. The minimum Gasteiger partial charge on any atom is -0.508 e. The largest absolute Gasteiger partial charge is 0.508 e. The molecule has 0 aliphatic heterocycles. The molecular weight excluding hydrogens is 320 g/mol. The highest BCUT2D eigenvalue weighted by atomic mass is 16.5. The van der Waals surface area contributed by atoms with Crippen molar-refractivity contribution in [2.75, 3.05) is 6.61 Å². The van der Waals surface area contributed by atoms with E-state index >= 15 is 0 Å². The molecule has 5 nitrogen and oxygen atoms in total. The minimum atomic E-state index is -0.983. The number of benzene rings is 2. The summed E-state index contributed by atoms with van der Waals surface area (Å²) in [4.78, 5) is 35.0. The second-order valence-corrected chi connectivity index (χ2v) is 5.52. The summed E-state index contributed by atoms with van der Waals surface area (Å²) in [5.41, 5.74) is 3.02. The number of phenolic OH excluding ortho intramolecular Hbond substituents is 1. The summed E-state index contributed by atoms with van der Waals surface area (Å²) < 4.78 is 4.59. The summed E-state index contributed by atoms with van der Waals surface area (Å²) in [6.07, 6.45) is 0.212. The second kappa shape index (κ2) is 8.24. The first-order chi connectivity index (χ1) is 12.0. The molecule has 25 heavy (non-hydrogen) atoms. The van der Waals surface area contributed by atoms with Crippen LogP contribution in [-0.2, 0) is 20.7 Å². The third kappa shape index (κ3) is 4.53. The number of carbonyl (C=O) groups is 3. The molecule has 0 unspecified atom stereocenters. The summed E-state index contributed by atoms with van der Waals surface area (Å²) in [7, 11) is 0. The SMILES string of the molecule is CCOC(=O)C(=O)CC(=O)c1ccc(-c2ccc(O)c(CC)c2)cc1. The van der Waals surface area contributed by atoms with Gasteiger partial charge in [-0.3, -0.25) is 9.59 Å². The van der Waals surface area contributed by atoms with Gasteiger partial charge in [0, 0.05) is 5.56 Å². The molecule has 1 N–H and O–H groups in total. The molecule has 0 atom stereocenters. The number of esters is 1. The van der Waals surface area contributed by atoms with E-state index in [4.69, 9.17) is 0 Å². The number of aryl methyl sites for hydroxylation is 1. The Hall–Kier alpha value is -2.95. The highest BCUT2D eigenvalue weighted by molar-refractivity contribution is 6.38. The third-order valence-corrected chi connectivity index (χ3v) is 3.82. The number of rotatable bonds is 7. The maximum Gasteiger partial charge on any atom is 0.375 e. The van der Waals surface area contributed by atoms with Crippen LogP contribution in [-0.4, -0.2) is 29.2 Å². The van der Waals surface area contributed by atoms with Gasteiger partial charge in [-0.25, -0.2) is 4.79 Å². The van der Waals surface area contributed by atoms with Crippen LogP contribution in [0.4, 0.5) is 0 Å². The van der Waals surface area contributed by atoms with Crippen molar-refractivity contribution in [1.29, 1.82) is 0 Å². The van der Waals surface area contributed by atoms with E-state index in [0.717, 1.165) is 16.7 Å². The molecule has 0 aliphatic rings. The lowest BCUT2D eigenvalue weighted by molar-refractivity contribution is -0.153. The first kappa shape index (κ1) is 18.4. The molecular formula is C20H20O5. The molecule has 130 valence electrons. The van der Waals surface area contributed by atoms with Gasteiger partial charge in [0.25, 0.3) is 0 Å². The fraction of sp³-hybridized carbons (Fsp3) is 0.250. The monoisotopic (exact) mass is 340 g/mol. The van der Waals surface area contributed by atoms with E-state index < -0.39 is 24.0 Å². The van der Waals surface area contributed by atoms with Gasteiger partial charge in [0.1, 0.15) is 5.75 Å². The number of hydrogen-bond donors (Lipinski definition) is 1. The van der Waals surface area contributed by atoms with Crippen LogP contribution in [0.2, 0.25) is 0 Å². The lowest BCUT2D eigenvalue weighted by atomic mass is 9.98. The van der Waals surface area contributed by atoms with Crippen LogP contribution >= 0.6 is 0 Å². The maximum absolute atomic E-state index is 12.1. The van der Waals surface area contributed by atoms with Gasteiger partial charge in [0.15, 0.2) is 5.78 Å². The molecule has 0 aliphatic carbocycles. The molecule has 0 fully saturated rings. The Morgan fingerprint density at radius 1 is 0.960 bits per heavy atom. The highest BCUT2D eigenvalue weighted by Crippen LogP contribution is 2.26. The summed E-state index contributed by atoms with van der Waals surface area (Å²) in [6.45, 7) is 3.65. The van der Waals surface area contributed by atoms with Crippen molar-refractivity contribution >= 4 is 17.5 Å². The van der Waals surface area contributed by atoms with Crippen LogP contribution in [0, 0.1) is 0 Å². The molecule has 2 rings (SSSR count). The quantitative estimate of drug-likeness (QED) is 0.362. The van der Waals surface area contributed by atoms with Gasteiger partial charge in [-0.1, -0.05) is 37.3 Å². The number of aromatic hydroxyl groups is 1. The molecule has 5 heteroatoms. The average Bonchev–Trinajstić information content (AvgIpc) is 2.62. The van der Waals surface area contributed by atoms with Crippen LogP contribution < -0.4 is 0 Å². The van der Waals surface area contributed by atoms with E-state index in [-0.39, 0.29) is 12.4 Å². The lowest BCUT2D eigenvalue weighted by Crippen LogP contribution is -2.20. The van der Waals surface area contributed by atoms with Crippen molar-refractivity contribution in [2.24, 2.45) is 0 Å². The molecule has 0 radical (unpaired) electrons. The van der Waals surface area contributed by atoms with Gasteiger partial charge in [0.05, 0.1) is 13.0 Å². The average molecular weight is 340 g/mol. The first-order valence-electron chi connectivity index (χ1n) is 8.11. The molecule has 2 aromatic carbocycles. The number of ketones is 2. The predicted molar refractivity (Wildman–Crippen MR) is 93.5 cm³/mol. The van der Waals surface area contributed by atoms with E-state index in [1.54, 1.807) is 43.3 Å². The lowest BCUT2D eigenvalue weighted by Gasteiger charge is -2.07. The van der Waals surface area contributed by atoms with E-state index in [0.29, 0.717) is 12.0 Å². The van der Waals surface area contributed by atoms with Gasteiger partial charge in [-0.2, -0.15) is 0 Å². The molecule has 0 aromatic heterocycles. The Morgan fingerprint density at radius 3 is 2.20 bits per heavy atom. The number of ether oxygens (including phenoxy) is 1. The molecule has 0 saturated carbocycles. The summed E-state index contributed by atoms with van der Waals surface area (Å²) >= 11 is 0. The fourth-order valence-electron chi connectivity index (χ4n) is 2.43. The second-order valence-electron chi connectivity index (χ2n) is 5.52. The zero-order chi connectivity index (χ0) is 18.4. The van der Waals surface area contributed by atoms with Crippen LogP contribution in [0.3, 0.4) is 0 Å². The Balaban J connectivity index is 2.13. The van der Waals surface area contributed by atoms with Crippen molar-refractivity contribution in [3.05, 3.63) is 53.6 Å². The Kier molecular flexibility index (Phi) is 6.06. The van der Waals surface area contributed by atoms with Crippen LogP contribution in [0.25, 0.3) is 11.1 Å². The summed E-state index contributed by atoms with van der Waals surface area (Å²) in [5, 5.41) is 9.75. The normalized spacial score (nSPS) is 10.3. The highest BCUT2D eigenvalue weighted by Gasteiger charge is 2.19.